The van der Waals surface area contributed by atoms with Crippen LogP contribution in [0.2, 0.25) is 0 Å². The molecule has 0 aliphatic carbocycles. The quantitative estimate of drug-likeness (QED) is 0.665. The highest BCUT2D eigenvalue weighted by atomic mass is 127. The van der Waals surface area contributed by atoms with Gasteiger partial charge in [-0.05, 0) is 52.2 Å². The average Bonchev–Trinajstić information content (AvgIpc) is 2.98. The molecule has 0 spiro atoms. The summed E-state index contributed by atoms with van der Waals surface area (Å²) in [6, 6.07) is 8.43. The van der Waals surface area contributed by atoms with Gasteiger partial charge in [0.2, 0.25) is 5.88 Å². The van der Waals surface area contributed by atoms with Crippen molar-refractivity contribution in [3.8, 4) is 21.7 Å². The molecule has 2 aromatic heterocycles. The van der Waals surface area contributed by atoms with Crippen LogP contribution in [-0.4, -0.2) is 5.16 Å². The van der Waals surface area contributed by atoms with Gasteiger partial charge in [0, 0.05) is 14.0 Å². The molecule has 0 saturated carbocycles. The van der Waals surface area contributed by atoms with Crippen molar-refractivity contribution in [3.63, 3.8) is 0 Å². The second-order valence-corrected chi connectivity index (χ2v) is 5.98. The van der Waals surface area contributed by atoms with Crippen LogP contribution in [-0.2, 0) is 0 Å². The third-order valence-corrected chi connectivity index (χ3v) is 4.45. The van der Waals surface area contributed by atoms with Crippen LogP contribution in [0, 0.1) is 9.39 Å². The van der Waals surface area contributed by atoms with Crippen LogP contribution in [0.25, 0.3) is 21.7 Å². The molecular formula is C13H8FIN2OS. The Morgan fingerprint density at radius 3 is 2.84 bits per heavy atom. The van der Waals surface area contributed by atoms with Crippen molar-refractivity contribution >= 4 is 39.8 Å². The van der Waals surface area contributed by atoms with E-state index in [9.17, 15) is 4.39 Å². The Morgan fingerprint density at radius 1 is 1.32 bits per heavy atom. The van der Waals surface area contributed by atoms with E-state index < -0.39 is 0 Å². The first kappa shape index (κ1) is 12.6. The lowest BCUT2D eigenvalue weighted by molar-refractivity contribution is 0.439. The van der Waals surface area contributed by atoms with Crippen LogP contribution < -0.4 is 5.73 Å². The van der Waals surface area contributed by atoms with Gasteiger partial charge < -0.3 is 10.3 Å². The summed E-state index contributed by atoms with van der Waals surface area (Å²) in [6.07, 6.45) is 0. The van der Waals surface area contributed by atoms with Crippen molar-refractivity contribution < 1.29 is 8.91 Å². The largest absolute Gasteiger partial charge is 0.367 e. The molecule has 0 unspecified atom stereocenters. The lowest BCUT2D eigenvalue weighted by atomic mass is 10.1. The fraction of sp³-hybridized carbons (Fsp3) is 0. The molecular weight excluding hydrogens is 378 g/mol. The number of anilines is 1. The standard InChI is InChI=1S/C13H8FIN2OS/c14-7-3-4-8(9(15)6-7)12-11(13(16)18-17-12)10-2-1-5-19-10/h1-6H,16H2. The molecule has 3 aromatic rings. The molecule has 2 heterocycles. The maximum Gasteiger partial charge on any atom is 0.231 e. The third-order valence-electron chi connectivity index (χ3n) is 2.67. The summed E-state index contributed by atoms with van der Waals surface area (Å²) >= 11 is 3.63. The number of aromatic nitrogens is 1. The van der Waals surface area contributed by atoms with E-state index in [-0.39, 0.29) is 11.7 Å². The van der Waals surface area contributed by atoms with Crippen molar-refractivity contribution in [2.24, 2.45) is 0 Å². The lowest BCUT2D eigenvalue weighted by Gasteiger charge is -2.03. The molecule has 0 fully saturated rings. The highest BCUT2D eigenvalue weighted by molar-refractivity contribution is 14.1. The van der Waals surface area contributed by atoms with Crippen LogP contribution in [0.15, 0.2) is 40.2 Å². The van der Waals surface area contributed by atoms with E-state index >= 15 is 0 Å². The Bertz CT molecular complexity index is 724. The topological polar surface area (TPSA) is 52.0 Å². The third kappa shape index (κ3) is 2.25. The van der Waals surface area contributed by atoms with Crippen LogP contribution in [0.5, 0.6) is 0 Å². The van der Waals surface area contributed by atoms with Gasteiger partial charge in [-0.1, -0.05) is 11.2 Å². The molecule has 0 aliphatic heterocycles. The molecule has 3 nitrogen and oxygen atoms in total. The number of halogens is 2. The van der Waals surface area contributed by atoms with Crippen LogP contribution >= 0.6 is 33.9 Å². The SMILES string of the molecule is Nc1onc(-c2ccc(F)cc2I)c1-c1cccs1. The summed E-state index contributed by atoms with van der Waals surface area (Å²) in [7, 11) is 0. The normalized spacial score (nSPS) is 10.8. The second kappa shape index (κ2) is 4.93. The molecule has 96 valence electrons. The van der Waals surface area contributed by atoms with E-state index in [1.165, 1.54) is 12.1 Å². The molecule has 0 aliphatic rings. The van der Waals surface area contributed by atoms with E-state index in [2.05, 4.69) is 27.7 Å². The summed E-state index contributed by atoms with van der Waals surface area (Å²) in [4.78, 5) is 0.980. The molecule has 19 heavy (non-hydrogen) atoms. The van der Waals surface area contributed by atoms with Crippen molar-refractivity contribution in [1.29, 1.82) is 0 Å². The van der Waals surface area contributed by atoms with Gasteiger partial charge in [-0.3, -0.25) is 0 Å². The maximum absolute atomic E-state index is 13.2. The van der Waals surface area contributed by atoms with Crippen molar-refractivity contribution in [1.82, 2.24) is 5.16 Å². The molecule has 0 amide bonds. The van der Waals surface area contributed by atoms with Crippen LogP contribution in [0.1, 0.15) is 0 Å². The first-order valence-electron chi connectivity index (χ1n) is 5.41. The predicted molar refractivity (Wildman–Crippen MR) is 82.3 cm³/mol. The zero-order valence-corrected chi connectivity index (χ0v) is 12.5. The molecule has 2 N–H and O–H groups in total. The van der Waals surface area contributed by atoms with Crippen molar-refractivity contribution in [3.05, 3.63) is 45.1 Å². The first-order valence-corrected chi connectivity index (χ1v) is 7.37. The summed E-state index contributed by atoms with van der Waals surface area (Å²) in [5.41, 5.74) is 8.07. The zero-order chi connectivity index (χ0) is 13.4. The average molecular weight is 386 g/mol. The van der Waals surface area contributed by atoms with E-state index in [1.54, 1.807) is 17.4 Å². The van der Waals surface area contributed by atoms with Crippen LogP contribution in [0.3, 0.4) is 0 Å². The van der Waals surface area contributed by atoms with Gasteiger partial charge in [-0.2, -0.15) is 0 Å². The molecule has 0 atom stereocenters. The Labute approximate surface area is 126 Å². The Hall–Kier alpha value is -1.41. The van der Waals surface area contributed by atoms with E-state index in [4.69, 9.17) is 10.3 Å². The highest BCUT2D eigenvalue weighted by Gasteiger charge is 2.20. The molecule has 0 radical (unpaired) electrons. The summed E-state index contributed by atoms with van der Waals surface area (Å²) in [5.74, 6) is -0.000125. The number of thiophene rings is 1. The number of hydrogen-bond donors (Lipinski definition) is 1. The lowest BCUT2D eigenvalue weighted by Crippen LogP contribution is -1.89. The minimum Gasteiger partial charge on any atom is -0.367 e. The number of benzene rings is 1. The van der Waals surface area contributed by atoms with Gasteiger partial charge in [0.05, 0.1) is 5.56 Å². The smallest absolute Gasteiger partial charge is 0.231 e. The van der Waals surface area contributed by atoms with Crippen LogP contribution in [0.4, 0.5) is 10.3 Å². The summed E-state index contributed by atoms with van der Waals surface area (Å²) in [5, 5.41) is 5.97. The highest BCUT2D eigenvalue weighted by Crippen LogP contribution is 2.39. The minimum atomic E-state index is -0.276. The summed E-state index contributed by atoms with van der Waals surface area (Å²) < 4.78 is 19.0. The fourth-order valence-corrected chi connectivity index (χ4v) is 3.34. The number of rotatable bonds is 2. The number of nitrogens with two attached hydrogens (primary N) is 1. The Morgan fingerprint density at radius 2 is 2.16 bits per heavy atom. The van der Waals surface area contributed by atoms with Gasteiger partial charge in [-0.15, -0.1) is 11.3 Å². The monoisotopic (exact) mass is 386 g/mol. The maximum atomic E-state index is 13.2. The first-order chi connectivity index (χ1) is 9.16. The van der Waals surface area contributed by atoms with Crippen molar-refractivity contribution in [2.45, 2.75) is 0 Å². The number of nitrogens with zero attached hydrogens (tertiary/aromatic N) is 1. The molecule has 6 heteroatoms. The molecule has 1 aromatic carbocycles. The van der Waals surface area contributed by atoms with Gasteiger partial charge in [0.25, 0.3) is 0 Å². The van der Waals surface area contributed by atoms with Gasteiger partial charge >= 0.3 is 0 Å². The predicted octanol–water partition coefficient (Wildman–Crippen LogP) is 4.40. The van der Waals surface area contributed by atoms with Gasteiger partial charge in [-0.25, -0.2) is 4.39 Å². The molecule has 0 bridgehead atoms. The van der Waals surface area contributed by atoms with E-state index in [1.807, 2.05) is 17.5 Å². The summed E-state index contributed by atoms with van der Waals surface area (Å²) in [6.45, 7) is 0. The number of hydrogen-bond acceptors (Lipinski definition) is 4. The van der Waals surface area contributed by atoms with E-state index in [0.29, 0.717) is 5.69 Å². The second-order valence-electron chi connectivity index (χ2n) is 3.87. The Kier molecular flexibility index (Phi) is 3.28. The van der Waals surface area contributed by atoms with Crippen molar-refractivity contribution in [2.75, 3.05) is 5.73 Å². The molecule has 0 saturated heterocycles. The zero-order valence-electron chi connectivity index (χ0n) is 9.56. The Balaban J connectivity index is 2.21. The van der Waals surface area contributed by atoms with Gasteiger partial charge in [0.15, 0.2) is 0 Å². The minimum absolute atomic E-state index is 0.276. The van der Waals surface area contributed by atoms with Gasteiger partial charge in [0.1, 0.15) is 11.5 Å². The fourth-order valence-electron chi connectivity index (χ4n) is 1.83. The van der Waals surface area contributed by atoms with E-state index in [0.717, 1.165) is 19.6 Å². The number of nitrogen functional groups attached to an aromatic ring is 1. The molecule has 3 rings (SSSR count).